The highest BCUT2D eigenvalue weighted by molar-refractivity contribution is 5.86. The molecule has 1 amide bonds. The quantitative estimate of drug-likeness (QED) is 0.717. The minimum absolute atomic E-state index is 0.0490. The van der Waals surface area contributed by atoms with Crippen molar-refractivity contribution in [2.45, 2.75) is 31.7 Å². The number of amides is 1. The fraction of sp³-hybridized carbons (Fsp3) is 0.846. The van der Waals surface area contributed by atoms with Crippen LogP contribution >= 0.6 is 0 Å². The van der Waals surface area contributed by atoms with Crippen LogP contribution in [0.5, 0.6) is 0 Å². The van der Waals surface area contributed by atoms with Gasteiger partial charge in [0, 0.05) is 32.7 Å². The summed E-state index contributed by atoms with van der Waals surface area (Å²) in [5, 5.41) is 8.65. The molecule has 1 saturated heterocycles. The lowest BCUT2D eigenvalue weighted by atomic mass is 9.95. The number of aliphatic carboxylic acids is 1. The number of rotatable bonds is 5. The van der Waals surface area contributed by atoms with Gasteiger partial charge in [0.05, 0.1) is 12.0 Å². The molecule has 1 unspecified atom stereocenters. The Labute approximate surface area is 113 Å². The SMILES string of the molecule is CC(N)(C(=O)N1CCN(CCC(=O)O)CC1)C1CC1. The molecular weight excluding hydrogens is 246 g/mol. The van der Waals surface area contributed by atoms with Crippen LogP contribution in [0.25, 0.3) is 0 Å². The van der Waals surface area contributed by atoms with E-state index >= 15 is 0 Å². The molecule has 1 heterocycles. The summed E-state index contributed by atoms with van der Waals surface area (Å²) in [6, 6.07) is 0. The van der Waals surface area contributed by atoms with E-state index in [0.717, 1.165) is 25.9 Å². The van der Waals surface area contributed by atoms with E-state index in [0.29, 0.717) is 25.6 Å². The highest BCUT2D eigenvalue weighted by atomic mass is 16.4. The van der Waals surface area contributed by atoms with Crippen molar-refractivity contribution in [2.75, 3.05) is 32.7 Å². The summed E-state index contributed by atoms with van der Waals surface area (Å²) in [5.41, 5.74) is 5.43. The lowest BCUT2D eigenvalue weighted by Crippen LogP contribution is -2.59. The summed E-state index contributed by atoms with van der Waals surface area (Å²) in [7, 11) is 0. The molecule has 2 fully saturated rings. The molecule has 0 aromatic carbocycles. The van der Waals surface area contributed by atoms with Crippen LogP contribution in [0.3, 0.4) is 0 Å². The Kier molecular flexibility index (Phi) is 4.10. The predicted octanol–water partition coefficient (Wildman–Crippen LogP) is -0.267. The number of hydrogen-bond acceptors (Lipinski definition) is 4. The summed E-state index contributed by atoms with van der Waals surface area (Å²) in [6.07, 6.45) is 2.26. The van der Waals surface area contributed by atoms with Gasteiger partial charge in [-0.15, -0.1) is 0 Å². The maximum atomic E-state index is 12.4. The molecule has 6 nitrogen and oxygen atoms in total. The number of nitrogens with two attached hydrogens (primary N) is 1. The van der Waals surface area contributed by atoms with Gasteiger partial charge in [0.2, 0.25) is 5.91 Å². The number of carboxylic acids is 1. The Hall–Kier alpha value is -1.14. The van der Waals surface area contributed by atoms with Crippen LogP contribution in [0.2, 0.25) is 0 Å². The molecule has 1 atom stereocenters. The third kappa shape index (κ3) is 3.45. The third-order valence-corrected chi connectivity index (χ3v) is 4.19. The number of carbonyl (C=O) groups excluding carboxylic acids is 1. The van der Waals surface area contributed by atoms with Crippen molar-refractivity contribution in [3.63, 3.8) is 0 Å². The number of piperazine rings is 1. The van der Waals surface area contributed by atoms with Gasteiger partial charge in [0.1, 0.15) is 0 Å². The van der Waals surface area contributed by atoms with Crippen molar-refractivity contribution in [3.05, 3.63) is 0 Å². The van der Waals surface area contributed by atoms with E-state index in [4.69, 9.17) is 10.8 Å². The number of carbonyl (C=O) groups is 2. The molecule has 0 aromatic heterocycles. The van der Waals surface area contributed by atoms with E-state index in [2.05, 4.69) is 4.90 Å². The van der Waals surface area contributed by atoms with E-state index < -0.39 is 11.5 Å². The van der Waals surface area contributed by atoms with Gasteiger partial charge in [0.25, 0.3) is 0 Å². The fourth-order valence-electron chi connectivity index (χ4n) is 2.63. The standard InChI is InChI=1S/C13H23N3O3/c1-13(14,10-2-3-10)12(19)16-8-6-15(7-9-16)5-4-11(17)18/h10H,2-9,14H2,1H3,(H,17,18). The highest BCUT2D eigenvalue weighted by Crippen LogP contribution is 2.39. The fourth-order valence-corrected chi connectivity index (χ4v) is 2.63. The van der Waals surface area contributed by atoms with E-state index in [1.807, 2.05) is 11.8 Å². The van der Waals surface area contributed by atoms with Crippen LogP contribution in [-0.2, 0) is 9.59 Å². The molecule has 2 rings (SSSR count). The molecule has 19 heavy (non-hydrogen) atoms. The van der Waals surface area contributed by atoms with E-state index in [-0.39, 0.29) is 12.3 Å². The zero-order valence-corrected chi connectivity index (χ0v) is 11.5. The highest BCUT2D eigenvalue weighted by Gasteiger charge is 2.46. The second-order valence-electron chi connectivity index (χ2n) is 5.83. The summed E-state index contributed by atoms with van der Waals surface area (Å²) < 4.78 is 0. The molecule has 0 bridgehead atoms. The van der Waals surface area contributed by atoms with Gasteiger partial charge in [-0.3, -0.25) is 14.5 Å². The van der Waals surface area contributed by atoms with Crippen LogP contribution < -0.4 is 5.73 Å². The molecule has 1 saturated carbocycles. The molecule has 0 radical (unpaired) electrons. The number of hydrogen-bond donors (Lipinski definition) is 2. The van der Waals surface area contributed by atoms with Crippen molar-refractivity contribution in [3.8, 4) is 0 Å². The Morgan fingerprint density at radius 1 is 1.26 bits per heavy atom. The maximum Gasteiger partial charge on any atom is 0.304 e. The Balaban J connectivity index is 1.79. The van der Waals surface area contributed by atoms with Gasteiger partial charge in [-0.05, 0) is 25.7 Å². The summed E-state index contributed by atoms with van der Waals surface area (Å²) >= 11 is 0. The largest absolute Gasteiger partial charge is 0.481 e. The molecule has 6 heteroatoms. The summed E-state index contributed by atoms with van der Waals surface area (Å²) in [6.45, 7) is 5.17. The van der Waals surface area contributed by atoms with Gasteiger partial charge >= 0.3 is 5.97 Å². The average Bonchev–Trinajstić information content (AvgIpc) is 3.20. The van der Waals surface area contributed by atoms with E-state index in [1.165, 1.54) is 0 Å². The monoisotopic (exact) mass is 269 g/mol. The third-order valence-electron chi connectivity index (χ3n) is 4.19. The molecule has 2 aliphatic rings. The molecule has 3 N–H and O–H groups in total. The van der Waals surface area contributed by atoms with Crippen molar-refractivity contribution < 1.29 is 14.7 Å². The first kappa shape index (κ1) is 14.3. The van der Waals surface area contributed by atoms with Crippen molar-refractivity contribution in [1.82, 2.24) is 9.80 Å². The maximum absolute atomic E-state index is 12.4. The zero-order chi connectivity index (χ0) is 14.0. The molecule has 0 aromatic rings. The van der Waals surface area contributed by atoms with Crippen LogP contribution in [0.15, 0.2) is 0 Å². The van der Waals surface area contributed by atoms with E-state index in [1.54, 1.807) is 0 Å². The minimum Gasteiger partial charge on any atom is -0.481 e. The average molecular weight is 269 g/mol. The van der Waals surface area contributed by atoms with Crippen molar-refractivity contribution in [1.29, 1.82) is 0 Å². The second kappa shape index (κ2) is 5.46. The molecule has 0 spiro atoms. The van der Waals surface area contributed by atoms with Gasteiger partial charge in [-0.2, -0.15) is 0 Å². The topological polar surface area (TPSA) is 86.9 Å². The molecule has 1 aliphatic carbocycles. The van der Waals surface area contributed by atoms with Gasteiger partial charge in [-0.25, -0.2) is 0 Å². The normalized spacial score (nSPS) is 24.0. The number of nitrogens with zero attached hydrogens (tertiary/aromatic N) is 2. The zero-order valence-electron chi connectivity index (χ0n) is 11.5. The van der Waals surface area contributed by atoms with Gasteiger partial charge < -0.3 is 15.7 Å². The second-order valence-corrected chi connectivity index (χ2v) is 5.83. The first-order valence-corrected chi connectivity index (χ1v) is 6.93. The van der Waals surface area contributed by atoms with E-state index in [9.17, 15) is 9.59 Å². The number of carboxylic acid groups (broad SMARTS) is 1. The smallest absolute Gasteiger partial charge is 0.304 e. The van der Waals surface area contributed by atoms with Crippen LogP contribution in [-0.4, -0.2) is 65.0 Å². The summed E-state index contributed by atoms with van der Waals surface area (Å²) in [5.74, 6) is -0.389. The molecule has 108 valence electrons. The predicted molar refractivity (Wildman–Crippen MR) is 70.6 cm³/mol. The van der Waals surface area contributed by atoms with Gasteiger partial charge in [0.15, 0.2) is 0 Å². The molecular formula is C13H23N3O3. The van der Waals surface area contributed by atoms with Crippen LogP contribution in [0.4, 0.5) is 0 Å². The Morgan fingerprint density at radius 3 is 2.32 bits per heavy atom. The lowest BCUT2D eigenvalue weighted by Gasteiger charge is -2.38. The van der Waals surface area contributed by atoms with Crippen molar-refractivity contribution in [2.24, 2.45) is 11.7 Å². The van der Waals surface area contributed by atoms with Crippen LogP contribution in [0, 0.1) is 5.92 Å². The first-order valence-electron chi connectivity index (χ1n) is 6.93. The van der Waals surface area contributed by atoms with Crippen LogP contribution in [0.1, 0.15) is 26.2 Å². The first-order chi connectivity index (χ1) is 8.91. The Bertz CT molecular complexity index is 358. The summed E-state index contributed by atoms with van der Waals surface area (Å²) in [4.78, 5) is 26.8. The Morgan fingerprint density at radius 2 is 1.84 bits per heavy atom. The van der Waals surface area contributed by atoms with Crippen molar-refractivity contribution >= 4 is 11.9 Å². The van der Waals surface area contributed by atoms with Gasteiger partial charge in [-0.1, -0.05) is 0 Å². The lowest BCUT2D eigenvalue weighted by molar-refractivity contribution is -0.140. The molecule has 1 aliphatic heterocycles. The minimum atomic E-state index is -0.776.